The lowest BCUT2D eigenvalue weighted by atomic mass is 10.3. The number of hydrazone groups is 1. The minimum absolute atomic E-state index is 0.134. The summed E-state index contributed by atoms with van der Waals surface area (Å²) in [7, 11) is 1.89. The van der Waals surface area contributed by atoms with Gasteiger partial charge in [-0.15, -0.1) is 0 Å². The fourth-order valence-electron chi connectivity index (χ4n) is 1.55. The molecular weight excluding hydrogens is 358 g/mol. The van der Waals surface area contributed by atoms with E-state index in [0.29, 0.717) is 15.2 Å². The molecule has 1 heterocycles. The van der Waals surface area contributed by atoms with E-state index in [2.05, 4.69) is 26.5 Å². The molecule has 7 heteroatoms. The monoisotopic (exact) mass is 369 g/mol. The fraction of sp³-hybridized carbons (Fsp3) is 0.143. The zero-order valence-corrected chi connectivity index (χ0v) is 13.6. The van der Waals surface area contributed by atoms with Crippen LogP contribution < -0.4 is 10.2 Å². The van der Waals surface area contributed by atoms with E-state index < -0.39 is 0 Å². The molecule has 1 amide bonds. The predicted molar refractivity (Wildman–Crippen MR) is 85.8 cm³/mol. The number of nitrogens with one attached hydrogen (secondary N) is 1. The van der Waals surface area contributed by atoms with Crippen LogP contribution in [0, 0.1) is 0 Å². The summed E-state index contributed by atoms with van der Waals surface area (Å²) < 4.78 is 7.94. The van der Waals surface area contributed by atoms with E-state index in [4.69, 9.17) is 16.3 Å². The van der Waals surface area contributed by atoms with Gasteiger partial charge in [0.2, 0.25) is 0 Å². The number of aromatic nitrogens is 1. The Morgan fingerprint density at radius 2 is 2.33 bits per heavy atom. The number of nitrogens with zero attached hydrogens (tertiary/aromatic N) is 2. The zero-order chi connectivity index (χ0) is 15.2. The van der Waals surface area contributed by atoms with Crippen molar-refractivity contribution in [1.29, 1.82) is 0 Å². The number of amides is 1. The molecule has 1 aromatic carbocycles. The Morgan fingerprint density at radius 3 is 3.00 bits per heavy atom. The number of benzene rings is 1. The molecule has 0 aliphatic carbocycles. The van der Waals surface area contributed by atoms with Crippen LogP contribution in [0.5, 0.6) is 5.75 Å². The van der Waals surface area contributed by atoms with E-state index in [9.17, 15) is 4.79 Å². The summed E-state index contributed by atoms with van der Waals surface area (Å²) in [5, 5.41) is 4.45. The summed E-state index contributed by atoms with van der Waals surface area (Å²) in [6.45, 7) is -0.134. The van der Waals surface area contributed by atoms with E-state index in [-0.39, 0.29) is 12.5 Å². The highest BCUT2D eigenvalue weighted by atomic mass is 79.9. The Bertz CT molecular complexity index is 670. The van der Waals surface area contributed by atoms with Crippen LogP contribution in [0.15, 0.2) is 46.1 Å². The third kappa shape index (κ3) is 4.61. The number of hydrogen-bond donors (Lipinski definition) is 1. The lowest BCUT2D eigenvalue weighted by molar-refractivity contribution is -0.123. The molecule has 0 aliphatic heterocycles. The van der Waals surface area contributed by atoms with Gasteiger partial charge >= 0.3 is 0 Å². The first kappa shape index (κ1) is 15.6. The average molecular weight is 371 g/mol. The molecule has 2 rings (SSSR count). The van der Waals surface area contributed by atoms with E-state index in [1.165, 1.54) is 0 Å². The molecule has 0 atom stereocenters. The lowest BCUT2D eigenvalue weighted by Gasteiger charge is -2.07. The van der Waals surface area contributed by atoms with Crippen molar-refractivity contribution in [3.63, 3.8) is 0 Å². The van der Waals surface area contributed by atoms with Crippen LogP contribution in [0.25, 0.3) is 0 Å². The van der Waals surface area contributed by atoms with Gasteiger partial charge < -0.3 is 9.30 Å². The number of carbonyl (C=O) groups excluding carboxylic acids is 1. The molecule has 0 spiro atoms. The molecule has 1 aromatic heterocycles. The molecule has 0 aliphatic rings. The zero-order valence-electron chi connectivity index (χ0n) is 11.2. The Kier molecular flexibility index (Phi) is 5.41. The fourth-order valence-corrected chi connectivity index (χ4v) is 2.34. The van der Waals surface area contributed by atoms with Crippen molar-refractivity contribution < 1.29 is 9.53 Å². The number of ether oxygens (including phenoxy) is 1. The Morgan fingerprint density at radius 1 is 1.52 bits per heavy atom. The van der Waals surface area contributed by atoms with Gasteiger partial charge in [-0.25, -0.2) is 5.43 Å². The molecule has 1 N–H and O–H groups in total. The number of rotatable bonds is 5. The second kappa shape index (κ2) is 7.28. The quantitative estimate of drug-likeness (QED) is 0.650. The summed E-state index contributed by atoms with van der Waals surface area (Å²) in [5.41, 5.74) is 3.29. The van der Waals surface area contributed by atoms with Gasteiger partial charge in [0.25, 0.3) is 5.91 Å². The van der Waals surface area contributed by atoms with Gasteiger partial charge in [0.15, 0.2) is 6.61 Å². The summed E-state index contributed by atoms with van der Waals surface area (Å²) in [4.78, 5) is 11.6. The van der Waals surface area contributed by atoms with Gasteiger partial charge in [-0.1, -0.05) is 11.6 Å². The minimum atomic E-state index is -0.345. The number of hydrogen-bond acceptors (Lipinski definition) is 3. The van der Waals surface area contributed by atoms with Crippen LogP contribution in [0.2, 0.25) is 5.02 Å². The molecule has 0 unspecified atom stereocenters. The molecule has 0 saturated carbocycles. The smallest absolute Gasteiger partial charge is 0.277 e. The maximum Gasteiger partial charge on any atom is 0.277 e. The van der Waals surface area contributed by atoms with Crippen LogP contribution in [0.1, 0.15) is 5.69 Å². The number of carbonyl (C=O) groups is 1. The maximum absolute atomic E-state index is 11.6. The Hall–Kier alpha value is -1.79. The van der Waals surface area contributed by atoms with E-state index in [1.54, 1.807) is 24.4 Å². The lowest BCUT2D eigenvalue weighted by Crippen LogP contribution is -2.24. The maximum atomic E-state index is 11.6. The molecule has 110 valence electrons. The molecule has 0 fully saturated rings. The SMILES string of the molecule is Cn1cccc1C=NNC(=O)COc1ccc(Cl)cc1Br. The highest BCUT2D eigenvalue weighted by Crippen LogP contribution is 2.27. The van der Waals surface area contributed by atoms with Crippen molar-refractivity contribution in [2.75, 3.05) is 6.61 Å². The van der Waals surface area contributed by atoms with E-state index >= 15 is 0 Å². The highest BCUT2D eigenvalue weighted by Gasteiger charge is 2.05. The van der Waals surface area contributed by atoms with E-state index in [0.717, 1.165) is 5.69 Å². The summed E-state index contributed by atoms with van der Waals surface area (Å²) in [6, 6.07) is 8.85. The van der Waals surface area contributed by atoms with Crippen molar-refractivity contribution >= 4 is 39.7 Å². The van der Waals surface area contributed by atoms with Gasteiger partial charge in [-0.05, 0) is 46.3 Å². The number of aryl methyl sites for hydroxylation is 1. The highest BCUT2D eigenvalue weighted by molar-refractivity contribution is 9.10. The van der Waals surface area contributed by atoms with Crippen molar-refractivity contribution in [2.24, 2.45) is 12.1 Å². The standard InChI is InChI=1S/C14H13BrClN3O2/c1-19-6-2-3-11(19)8-17-18-14(20)9-21-13-5-4-10(16)7-12(13)15/h2-8H,9H2,1H3,(H,18,20). The molecular formula is C14H13BrClN3O2. The van der Waals surface area contributed by atoms with Gasteiger partial charge in [0.05, 0.1) is 16.4 Å². The first-order chi connectivity index (χ1) is 10.1. The summed E-state index contributed by atoms with van der Waals surface area (Å²) in [5.74, 6) is 0.197. The second-order valence-corrected chi connectivity index (χ2v) is 5.49. The van der Waals surface area contributed by atoms with Crippen LogP contribution in [0.3, 0.4) is 0 Å². The van der Waals surface area contributed by atoms with Crippen molar-refractivity contribution in [2.45, 2.75) is 0 Å². The minimum Gasteiger partial charge on any atom is -0.483 e. The number of halogens is 2. The summed E-state index contributed by atoms with van der Waals surface area (Å²) >= 11 is 9.13. The van der Waals surface area contributed by atoms with Crippen molar-refractivity contribution in [3.8, 4) is 5.75 Å². The molecule has 5 nitrogen and oxygen atoms in total. The van der Waals surface area contributed by atoms with Crippen LogP contribution in [-0.4, -0.2) is 23.3 Å². The van der Waals surface area contributed by atoms with Gasteiger partial charge in [-0.3, -0.25) is 4.79 Å². The third-order valence-electron chi connectivity index (χ3n) is 2.62. The molecule has 0 bridgehead atoms. The predicted octanol–water partition coefficient (Wildman–Crippen LogP) is 2.97. The molecule has 21 heavy (non-hydrogen) atoms. The van der Waals surface area contributed by atoms with Crippen molar-refractivity contribution in [1.82, 2.24) is 9.99 Å². The van der Waals surface area contributed by atoms with Gasteiger partial charge in [0.1, 0.15) is 5.75 Å². The van der Waals surface area contributed by atoms with Crippen LogP contribution >= 0.6 is 27.5 Å². The average Bonchev–Trinajstić information content (AvgIpc) is 2.83. The second-order valence-electron chi connectivity index (χ2n) is 4.20. The topological polar surface area (TPSA) is 55.6 Å². The molecule has 2 aromatic rings. The van der Waals surface area contributed by atoms with Crippen LogP contribution in [-0.2, 0) is 11.8 Å². The summed E-state index contributed by atoms with van der Waals surface area (Å²) in [6.07, 6.45) is 3.46. The Labute approximate surface area is 135 Å². The normalized spacial score (nSPS) is 10.8. The van der Waals surface area contributed by atoms with Gasteiger partial charge in [-0.2, -0.15) is 5.10 Å². The molecule has 0 radical (unpaired) electrons. The first-order valence-corrected chi connectivity index (χ1v) is 7.24. The van der Waals surface area contributed by atoms with E-state index in [1.807, 2.05) is 29.9 Å². The Balaban J connectivity index is 1.82. The largest absolute Gasteiger partial charge is 0.483 e. The first-order valence-electron chi connectivity index (χ1n) is 6.07. The van der Waals surface area contributed by atoms with Crippen LogP contribution in [0.4, 0.5) is 0 Å². The molecule has 0 saturated heterocycles. The van der Waals surface area contributed by atoms with Crippen molar-refractivity contribution in [3.05, 3.63) is 51.7 Å². The van der Waals surface area contributed by atoms with Gasteiger partial charge in [0, 0.05) is 18.3 Å². The third-order valence-corrected chi connectivity index (χ3v) is 3.48.